The van der Waals surface area contributed by atoms with Gasteiger partial charge in [-0.05, 0) is 50.0 Å². The van der Waals surface area contributed by atoms with Crippen LogP contribution in [-0.2, 0) is 0 Å². The van der Waals surface area contributed by atoms with E-state index in [0.29, 0.717) is 11.3 Å². The summed E-state index contributed by atoms with van der Waals surface area (Å²) in [6.45, 7) is 17.1. The van der Waals surface area contributed by atoms with E-state index < -0.39 is 0 Å². The molecule has 0 aromatic heterocycles. The molecule has 1 aliphatic rings. The highest BCUT2D eigenvalue weighted by Crippen LogP contribution is 2.43. The van der Waals surface area contributed by atoms with E-state index in [1.807, 2.05) is 0 Å². The molecule has 0 heterocycles. The molecular weight excluding hydrogens is 302 g/mol. The van der Waals surface area contributed by atoms with Crippen molar-refractivity contribution in [2.75, 3.05) is 0 Å². The molecule has 0 radical (unpaired) electrons. The predicted octanol–water partition coefficient (Wildman–Crippen LogP) is 7.46. The zero-order valence-electron chi connectivity index (χ0n) is 17.0. The van der Waals surface area contributed by atoms with Gasteiger partial charge < -0.3 is 5.32 Å². The minimum atomic E-state index is 0.418. The maximum absolute atomic E-state index is 4.33. The Bertz CT molecular complexity index is 512. The average molecular weight is 342 g/mol. The highest BCUT2D eigenvalue weighted by atomic mass is 14.9. The summed E-state index contributed by atoms with van der Waals surface area (Å²) in [7, 11) is 0. The third kappa shape index (κ3) is 7.94. The van der Waals surface area contributed by atoms with E-state index in [9.17, 15) is 0 Å². The van der Waals surface area contributed by atoms with Crippen LogP contribution in [0, 0.1) is 11.3 Å². The summed E-state index contributed by atoms with van der Waals surface area (Å²) in [5, 5.41) is 3.56. The average Bonchev–Trinajstić information content (AvgIpc) is 2.59. The molecule has 140 valence electrons. The van der Waals surface area contributed by atoms with Crippen LogP contribution in [0.3, 0.4) is 0 Å². The standard InChI is InChI=1S/C24H39N/c1-7-14-23(16-11-10-15-21(5)20(3)4)25-22(6)19-24(8-2)17-12-9-13-18-24/h10-11,14-16,21,25H,3,6-9,12-13,17-19H2,1-2,4-5H3/b15-10-,16-11-,23-14+. The first kappa shape index (κ1) is 21.5. The fourth-order valence-corrected chi connectivity index (χ4v) is 3.59. The SMILES string of the molecule is C=C(CC1(CC)CCCCC1)NC(/C=C\C=C/C(C)C(=C)C)=C/CC. The van der Waals surface area contributed by atoms with E-state index in [-0.39, 0.29) is 0 Å². The molecule has 1 N–H and O–H groups in total. The third-order valence-corrected chi connectivity index (χ3v) is 5.56. The van der Waals surface area contributed by atoms with Crippen molar-refractivity contribution in [3.63, 3.8) is 0 Å². The summed E-state index contributed by atoms with van der Waals surface area (Å²) < 4.78 is 0. The number of nitrogens with one attached hydrogen (secondary N) is 1. The number of hydrogen-bond donors (Lipinski definition) is 1. The van der Waals surface area contributed by atoms with Gasteiger partial charge in [0.25, 0.3) is 0 Å². The van der Waals surface area contributed by atoms with Crippen LogP contribution < -0.4 is 5.32 Å². The first-order valence-electron chi connectivity index (χ1n) is 10.1. The molecule has 1 nitrogen and oxygen atoms in total. The van der Waals surface area contributed by atoms with Crippen LogP contribution in [0.4, 0.5) is 0 Å². The Hall–Kier alpha value is -1.50. The molecule has 1 fully saturated rings. The molecular formula is C24H39N. The van der Waals surface area contributed by atoms with E-state index in [2.05, 4.69) is 76.5 Å². The maximum Gasteiger partial charge on any atom is 0.0340 e. The van der Waals surface area contributed by atoms with Crippen molar-refractivity contribution in [2.45, 2.75) is 79.1 Å². The molecule has 1 unspecified atom stereocenters. The van der Waals surface area contributed by atoms with Crippen molar-refractivity contribution < 1.29 is 0 Å². The highest BCUT2D eigenvalue weighted by molar-refractivity contribution is 5.25. The monoisotopic (exact) mass is 341 g/mol. The molecule has 0 aromatic carbocycles. The lowest BCUT2D eigenvalue weighted by Gasteiger charge is -2.37. The quantitative estimate of drug-likeness (QED) is 0.321. The van der Waals surface area contributed by atoms with E-state index in [1.54, 1.807) is 0 Å². The summed E-state index contributed by atoms with van der Waals surface area (Å²) in [5.41, 5.74) is 3.98. The van der Waals surface area contributed by atoms with Crippen molar-refractivity contribution in [1.82, 2.24) is 5.32 Å². The van der Waals surface area contributed by atoms with Crippen molar-refractivity contribution in [1.29, 1.82) is 0 Å². The number of allylic oxidation sites excluding steroid dienone is 7. The van der Waals surface area contributed by atoms with Gasteiger partial charge in [0.05, 0.1) is 0 Å². The van der Waals surface area contributed by atoms with Crippen LogP contribution in [0.1, 0.15) is 79.1 Å². The predicted molar refractivity (Wildman–Crippen MR) is 113 cm³/mol. The minimum absolute atomic E-state index is 0.418. The lowest BCUT2D eigenvalue weighted by molar-refractivity contribution is 0.177. The Morgan fingerprint density at radius 3 is 2.36 bits per heavy atom. The molecule has 0 aromatic rings. The Morgan fingerprint density at radius 2 is 1.80 bits per heavy atom. The Balaban J connectivity index is 2.63. The van der Waals surface area contributed by atoms with Gasteiger partial charge in [-0.15, -0.1) is 0 Å². The zero-order chi connectivity index (χ0) is 18.7. The molecule has 1 rings (SSSR count). The first-order chi connectivity index (χ1) is 11.9. The molecule has 0 saturated heterocycles. The first-order valence-corrected chi connectivity index (χ1v) is 10.1. The van der Waals surface area contributed by atoms with Gasteiger partial charge in [-0.1, -0.05) is 89.5 Å². The smallest absolute Gasteiger partial charge is 0.0340 e. The van der Waals surface area contributed by atoms with Gasteiger partial charge >= 0.3 is 0 Å². The molecule has 0 amide bonds. The Morgan fingerprint density at radius 1 is 1.12 bits per heavy atom. The van der Waals surface area contributed by atoms with Gasteiger partial charge in [0.15, 0.2) is 0 Å². The second-order valence-corrected chi connectivity index (χ2v) is 7.77. The van der Waals surface area contributed by atoms with E-state index in [0.717, 1.165) is 24.2 Å². The summed E-state index contributed by atoms with van der Waals surface area (Å²) >= 11 is 0. The highest BCUT2D eigenvalue weighted by Gasteiger charge is 2.30. The molecule has 1 atom stereocenters. The van der Waals surface area contributed by atoms with Gasteiger partial charge in [-0.2, -0.15) is 0 Å². The van der Waals surface area contributed by atoms with Crippen molar-refractivity contribution in [3.8, 4) is 0 Å². The molecule has 1 saturated carbocycles. The summed E-state index contributed by atoms with van der Waals surface area (Å²) in [4.78, 5) is 0. The number of rotatable bonds is 10. The normalized spacial score (nSPS) is 19.3. The Labute approximate surface area is 156 Å². The Kier molecular flexibility index (Phi) is 9.63. The van der Waals surface area contributed by atoms with Gasteiger partial charge in [0.1, 0.15) is 0 Å². The molecule has 0 aliphatic heterocycles. The second-order valence-electron chi connectivity index (χ2n) is 7.77. The lowest BCUT2D eigenvalue weighted by Crippen LogP contribution is -2.26. The summed E-state index contributed by atoms with van der Waals surface area (Å²) in [5.74, 6) is 0.418. The summed E-state index contributed by atoms with van der Waals surface area (Å²) in [6, 6.07) is 0. The molecule has 1 heteroatoms. The molecule has 0 spiro atoms. The van der Waals surface area contributed by atoms with Crippen LogP contribution in [0.25, 0.3) is 0 Å². The zero-order valence-corrected chi connectivity index (χ0v) is 17.0. The van der Waals surface area contributed by atoms with Crippen molar-refractivity contribution >= 4 is 0 Å². The lowest BCUT2D eigenvalue weighted by atomic mass is 9.69. The van der Waals surface area contributed by atoms with Gasteiger partial charge in [0, 0.05) is 11.4 Å². The van der Waals surface area contributed by atoms with Crippen molar-refractivity contribution in [2.24, 2.45) is 11.3 Å². The van der Waals surface area contributed by atoms with Crippen LogP contribution in [-0.4, -0.2) is 0 Å². The van der Waals surface area contributed by atoms with E-state index in [4.69, 9.17) is 0 Å². The molecule has 1 aliphatic carbocycles. The van der Waals surface area contributed by atoms with E-state index in [1.165, 1.54) is 44.1 Å². The topological polar surface area (TPSA) is 12.0 Å². The van der Waals surface area contributed by atoms with Crippen LogP contribution >= 0.6 is 0 Å². The maximum atomic E-state index is 4.33. The fraction of sp³-hybridized carbons (Fsp3) is 0.583. The third-order valence-electron chi connectivity index (χ3n) is 5.56. The second kappa shape index (κ2) is 11.2. The fourth-order valence-electron chi connectivity index (χ4n) is 3.59. The summed E-state index contributed by atoms with van der Waals surface area (Å²) in [6.07, 6.45) is 21.0. The minimum Gasteiger partial charge on any atom is -0.360 e. The largest absolute Gasteiger partial charge is 0.360 e. The molecule has 0 bridgehead atoms. The number of hydrogen-bond acceptors (Lipinski definition) is 1. The van der Waals surface area contributed by atoms with Gasteiger partial charge in [0.2, 0.25) is 0 Å². The van der Waals surface area contributed by atoms with Crippen LogP contribution in [0.2, 0.25) is 0 Å². The van der Waals surface area contributed by atoms with Crippen LogP contribution in [0.5, 0.6) is 0 Å². The van der Waals surface area contributed by atoms with Crippen molar-refractivity contribution in [3.05, 3.63) is 60.5 Å². The van der Waals surface area contributed by atoms with Gasteiger partial charge in [-0.3, -0.25) is 0 Å². The van der Waals surface area contributed by atoms with Gasteiger partial charge in [-0.25, -0.2) is 0 Å². The molecule has 25 heavy (non-hydrogen) atoms. The van der Waals surface area contributed by atoms with E-state index >= 15 is 0 Å². The van der Waals surface area contributed by atoms with Crippen LogP contribution in [0.15, 0.2) is 60.5 Å².